The number of aliphatic imine (C=N–C) groups is 1. The molecule has 0 unspecified atom stereocenters. The van der Waals surface area contributed by atoms with Crippen LogP contribution in [-0.4, -0.2) is 37.6 Å². The van der Waals surface area contributed by atoms with Gasteiger partial charge in [-0.25, -0.2) is 4.98 Å². The van der Waals surface area contributed by atoms with Crippen molar-refractivity contribution >= 4 is 47.1 Å². The highest BCUT2D eigenvalue weighted by atomic mass is 127. The number of anilines is 1. The first kappa shape index (κ1) is 21.9. The van der Waals surface area contributed by atoms with Gasteiger partial charge in [-0.15, -0.1) is 35.3 Å². The summed E-state index contributed by atoms with van der Waals surface area (Å²) in [6.07, 6.45) is 8.16. The maximum absolute atomic E-state index is 4.58. The number of halogens is 1. The van der Waals surface area contributed by atoms with Crippen LogP contribution in [0.3, 0.4) is 0 Å². The maximum atomic E-state index is 4.58. The smallest absolute Gasteiger partial charge is 0.191 e. The van der Waals surface area contributed by atoms with E-state index in [-0.39, 0.29) is 24.0 Å². The second kappa shape index (κ2) is 12.2. The number of hydrogen-bond donors (Lipinski definition) is 2. The Morgan fingerprint density at radius 1 is 1.19 bits per heavy atom. The lowest BCUT2D eigenvalue weighted by Gasteiger charge is -2.22. The molecule has 3 heterocycles. The van der Waals surface area contributed by atoms with E-state index in [1.54, 1.807) is 11.3 Å². The van der Waals surface area contributed by atoms with E-state index in [2.05, 4.69) is 55.2 Å². The lowest BCUT2D eigenvalue weighted by Crippen LogP contribution is -2.37. The summed E-state index contributed by atoms with van der Waals surface area (Å²) in [6.45, 7) is 3.88. The molecule has 2 aromatic heterocycles. The molecule has 0 saturated carbocycles. The van der Waals surface area contributed by atoms with E-state index in [1.807, 2.05) is 13.2 Å². The Kier molecular flexibility index (Phi) is 9.90. The first-order valence-electron chi connectivity index (χ1n) is 9.52. The summed E-state index contributed by atoms with van der Waals surface area (Å²) in [5.41, 5.74) is 1.24. The molecule has 148 valence electrons. The van der Waals surface area contributed by atoms with Crippen molar-refractivity contribution in [1.29, 1.82) is 0 Å². The van der Waals surface area contributed by atoms with Crippen molar-refractivity contribution < 1.29 is 0 Å². The molecule has 27 heavy (non-hydrogen) atoms. The number of nitrogens with one attached hydrogen (secondary N) is 2. The molecule has 0 aromatic carbocycles. The molecule has 2 aromatic rings. The van der Waals surface area contributed by atoms with Gasteiger partial charge in [0.2, 0.25) is 0 Å². The number of guanidine groups is 1. The van der Waals surface area contributed by atoms with Gasteiger partial charge in [-0.3, -0.25) is 4.99 Å². The van der Waals surface area contributed by atoms with Gasteiger partial charge in [0.15, 0.2) is 5.96 Å². The second-order valence-corrected chi connectivity index (χ2v) is 7.64. The van der Waals surface area contributed by atoms with E-state index < -0.39 is 0 Å². The van der Waals surface area contributed by atoms with Gasteiger partial charge < -0.3 is 15.5 Å². The Hall–Kier alpha value is -1.35. The van der Waals surface area contributed by atoms with Crippen LogP contribution in [0, 0.1) is 0 Å². The minimum Gasteiger partial charge on any atom is -0.357 e. The highest BCUT2D eigenvalue weighted by Crippen LogP contribution is 2.18. The first-order chi connectivity index (χ1) is 12.8. The molecule has 5 nitrogen and oxygen atoms in total. The fraction of sp³-hybridized carbons (Fsp3) is 0.500. The van der Waals surface area contributed by atoms with E-state index in [4.69, 9.17) is 0 Å². The summed E-state index contributed by atoms with van der Waals surface area (Å²) < 4.78 is 0. The largest absolute Gasteiger partial charge is 0.357 e. The molecule has 0 aliphatic carbocycles. The molecule has 2 N–H and O–H groups in total. The van der Waals surface area contributed by atoms with Gasteiger partial charge in [0, 0.05) is 44.3 Å². The van der Waals surface area contributed by atoms with E-state index >= 15 is 0 Å². The summed E-state index contributed by atoms with van der Waals surface area (Å²) in [5, 5.41) is 8.91. The Morgan fingerprint density at radius 2 is 2.00 bits per heavy atom. The van der Waals surface area contributed by atoms with E-state index in [0.717, 1.165) is 44.4 Å². The van der Waals surface area contributed by atoms with E-state index in [0.29, 0.717) is 0 Å². The van der Waals surface area contributed by atoms with Gasteiger partial charge >= 0.3 is 0 Å². The number of pyridine rings is 1. The molecule has 3 rings (SSSR count). The summed E-state index contributed by atoms with van der Waals surface area (Å²) in [6, 6.07) is 8.55. The summed E-state index contributed by atoms with van der Waals surface area (Å²) >= 11 is 1.80. The van der Waals surface area contributed by atoms with Crippen LogP contribution in [0.1, 0.15) is 36.1 Å². The van der Waals surface area contributed by atoms with Crippen molar-refractivity contribution in [3.8, 4) is 0 Å². The average Bonchev–Trinajstić information content (AvgIpc) is 3.04. The Labute approximate surface area is 183 Å². The minimum atomic E-state index is 0. The predicted octanol–water partition coefficient (Wildman–Crippen LogP) is 4.05. The molecule has 1 fully saturated rings. The molecule has 7 heteroatoms. The SMILES string of the molecule is CN=C(NCCc1cccs1)NCc1ccnc(N2CCCCCC2)c1.I. The zero-order valence-corrected chi connectivity index (χ0v) is 19.1. The third-order valence-electron chi connectivity index (χ3n) is 4.67. The van der Waals surface area contributed by atoms with Gasteiger partial charge in [-0.1, -0.05) is 18.9 Å². The zero-order valence-electron chi connectivity index (χ0n) is 16.0. The Bertz CT molecular complexity index is 681. The number of rotatable bonds is 6. The van der Waals surface area contributed by atoms with Gasteiger partial charge in [0.05, 0.1) is 0 Å². The van der Waals surface area contributed by atoms with Crippen molar-refractivity contribution in [2.75, 3.05) is 31.6 Å². The fourth-order valence-corrected chi connectivity index (χ4v) is 3.92. The number of nitrogens with zero attached hydrogens (tertiary/aromatic N) is 3. The first-order valence-corrected chi connectivity index (χ1v) is 10.4. The van der Waals surface area contributed by atoms with Crippen LogP contribution in [0.5, 0.6) is 0 Å². The van der Waals surface area contributed by atoms with Crippen LogP contribution in [-0.2, 0) is 13.0 Å². The quantitative estimate of drug-likeness (QED) is 0.358. The summed E-state index contributed by atoms with van der Waals surface area (Å²) in [4.78, 5) is 12.7. The van der Waals surface area contributed by atoms with Crippen LogP contribution in [0.2, 0.25) is 0 Å². The van der Waals surface area contributed by atoms with Gasteiger partial charge in [-0.05, 0) is 48.4 Å². The van der Waals surface area contributed by atoms with Crippen LogP contribution in [0.25, 0.3) is 0 Å². The third kappa shape index (κ3) is 7.29. The highest BCUT2D eigenvalue weighted by molar-refractivity contribution is 14.0. The number of thiophene rings is 1. The molecule has 0 bridgehead atoms. The van der Waals surface area contributed by atoms with Crippen LogP contribution in [0.4, 0.5) is 5.82 Å². The molecule has 0 atom stereocenters. The monoisotopic (exact) mass is 499 g/mol. The lowest BCUT2D eigenvalue weighted by molar-refractivity contribution is 0.726. The molecule has 0 amide bonds. The Balaban J connectivity index is 0.00000261. The standard InChI is InChI=1S/C20H29N5S.HI/c1-21-20(23-11-9-18-7-6-14-26-18)24-16-17-8-10-22-19(15-17)25-12-4-2-3-5-13-25;/h6-8,10,14-15H,2-5,9,11-13,16H2,1H3,(H2,21,23,24);1H. The molecule has 0 radical (unpaired) electrons. The van der Waals surface area contributed by atoms with Crippen LogP contribution in [0.15, 0.2) is 40.8 Å². The number of hydrogen-bond acceptors (Lipinski definition) is 4. The van der Waals surface area contributed by atoms with E-state index in [1.165, 1.54) is 36.1 Å². The third-order valence-corrected chi connectivity index (χ3v) is 5.60. The molecule has 1 aliphatic heterocycles. The fourth-order valence-electron chi connectivity index (χ4n) is 3.21. The van der Waals surface area contributed by atoms with E-state index in [9.17, 15) is 0 Å². The van der Waals surface area contributed by atoms with Crippen molar-refractivity contribution in [3.63, 3.8) is 0 Å². The maximum Gasteiger partial charge on any atom is 0.191 e. The predicted molar refractivity (Wildman–Crippen MR) is 127 cm³/mol. The van der Waals surface area contributed by atoms with Crippen molar-refractivity contribution in [3.05, 3.63) is 46.3 Å². The van der Waals surface area contributed by atoms with Gasteiger partial charge in [0.1, 0.15) is 5.82 Å². The van der Waals surface area contributed by atoms with Crippen LogP contribution < -0.4 is 15.5 Å². The van der Waals surface area contributed by atoms with Crippen molar-refractivity contribution in [2.24, 2.45) is 4.99 Å². The van der Waals surface area contributed by atoms with Crippen molar-refractivity contribution in [1.82, 2.24) is 15.6 Å². The van der Waals surface area contributed by atoms with Gasteiger partial charge in [-0.2, -0.15) is 0 Å². The topological polar surface area (TPSA) is 52.6 Å². The van der Waals surface area contributed by atoms with Crippen LogP contribution >= 0.6 is 35.3 Å². The van der Waals surface area contributed by atoms with Crippen molar-refractivity contribution in [2.45, 2.75) is 38.6 Å². The molecular weight excluding hydrogens is 469 g/mol. The number of aromatic nitrogens is 1. The summed E-state index contributed by atoms with van der Waals surface area (Å²) in [5.74, 6) is 1.95. The summed E-state index contributed by atoms with van der Waals surface area (Å²) in [7, 11) is 1.82. The second-order valence-electron chi connectivity index (χ2n) is 6.61. The molecule has 0 spiro atoms. The van der Waals surface area contributed by atoms with Gasteiger partial charge in [0.25, 0.3) is 0 Å². The molecule has 1 aliphatic rings. The normalized spacial score (nSPS) is 15.0. The molecular formula is C20H30IN5S. The molecule has 1 saturated heterocycles. The average molecular weight is 499 g/mol. The minimum absolute atomic E-state index is 0. The highest BCUT2D eigenvalue weighted by Gasteiger charge is 2.11. The zero-order chi connectivity index (χ0) is 18.0. The Morgan fingerprint density at radius 3 is 2.70 bits per heavy atom. The lowest BCUT2D eigenvalue weighted by atomic mass is 10.2.